The van der Waals surface area contributed by atoms with Crippen molar-refractivity contribution < 1.29 is 9.59 Å². The maximum absolute atomic E-state index is 12.1. The van der Waals surface area contributed by atoms with Gasteiger partial charge in [0.1, 0.15) is 11.6 Å². The molecule has 1 unspecified atom stereocenters. The summed E-state index contributed by atoms with van der Waals surface area (Å²) < 4.78 is 0. The number of hydrogen-bond acceptors (Lipinski definition) is 3. The zero-order chi connectivity index (χ0) is 15.4. The Morgan fingerprint density at radius 2 is 1.81 bits per heavy atom. The molecule has 4 N–H and O–H groups in total. The number of amides is 2. The fourth-order valence-electron chi connectivity index (χ4n) is 1.92. The van der Waals surface area contributed by atoms with Gasteiger partial charge in [0.25, 0.3) is 11.5 Å². The number of rotatable bonds is 4. The minimum Gasteiger partial charge on any atom is -0.368 e. The smallest absolute Gasteiger partial charge is 0.260 e. The predicted molar refractivity (Wildman–Crippen MR) is 77.6 cm³/mol. The van der Waals surface area contributed by atoms with Gasteiger partial charge in [-0.2, -0.15) is 0 Å². The van der Waals surface area contributed by atoms with E-state index in [-0.39, 0.29) is 5.56 Å². The van der Waals surface area contributed by atoms with E-state index in [0.29, 0.717) is 11.3 Å². The van der Waals surface area contributed by atoms with Gasteiger partial charge in [-0.1, -0.05) is 30.3 Å². The quantitative estimate of drug-likeness (QED) is 0.767. The molecule has 0 bridgehead atoms. The van der Waals surface area contributed by atoms with Crippen LogP contribution in [0.3, 0.4) is 0 Å². The topological polar surface area (TPSA) is 105 Å². The molecule has 1 aromatic heterocycles. The number of carbonyl (C=O) groups is 2. The number of nitrogens with one attached hydrogen (secondary N) is 2. The highest BCUT2D eigenvalue weighted by atomic mass is 16.2. The first-order valence-corrected chi connectivity index (χ1v) is 6.34. The summed E-state index contributed by atoms with van der Waals surface area (Å²) in [5.74, 6) is -1.35. The molecule has 0 radical (unpaired) electrons. The largest absolute Gasteiger partial charge is 0.368 e. The SMILES string of the molecule is Cc1ccc(C(=O)NC(C(N)=O)c2ccccc2)c(=O)[nH]1. The highest BCUT2D eigenvalue weighted by molar-refractivity contribution is 5.97. The van der Waals surface area contributed by atoms with Crippen LogP contribution in [0.15, 0.2) is 47.3 Å². The van der Waals surface area contributed by atoms with E-state index in [9.17, 15) is 14.4 Å². The first-order valence-electron chi connectivity index (χ1n) is 6.34. The van der Waals surface area contributed by atoms with Gasteiger partial charge in [0.15, 0.2) is 0 Å². The lowest BCUT2D eigenvalue weighted by Gasteiger charge is -2.15. The number of hydrogen-bond donors (Lipinski definition) is 3. The monoisotopic (exact) mass is 285 g/mol. The number of primary amides is 1. The first kappa shape index (κ1) is 14.5. The lowest BCUT2D eigenvalue weighted by Crippen LogP contribution is -2.39. The van der Waals surface area contributed by atoms with Crippen LogP contribution in [0.25, 0.3) is 0 Å². The Morgan fingerprint density at radius 3 is 2.38 bits per heavy atom. The molecule has 0 fully saturated rings. The van der Waals surface area contributed by atoms with Crippen LogP contribution in [0.2, 0.25) is 0 Å². The van der Waals surface area contributed by atoms with Crippen LogP contribution in [-0.2, 0) is 4.79 Å². The van der Waals surface area contributed by atoms with E-state index in [0.717, 1.165) is 0 Å². The van der Waals surface area contributed by atoms with Crippen molar-refractivity contribution in [1.29, 1.82) is 0 Å². The Bertz CT molecular complexity index is 722. The highest BCUT2D eigenvalue weighted by Gasteiger charge is 2.21. The lowest BCUT2D eigenvalue weighted by atomic mass is 10.1. The summed E-state index contributed by atoms with van der Waals surface area (Å²) in [5, 5.41) is 2.48. The van der Waals surface area contributed by atoms with Crippen molar-refractivity contribution in [1.82, 2.24) is 10.3 Å². The third-order valence-corrected chi connectivity index (χ3v) is 2.99. The van der Waals surface area contributed by atoms with Crippen LogP contribution in [0, 0.1) is 6.92 Å². The molecule has 0 saturated heterocycles. The van der Waals surface area contributed by atoms with Crippen LogP contribution in [-0.4, -0.2) is 16.8 Å². The van der Waals surface area contributed by atoms with Crippen LogP contribution in [0.1, 0.15) is 27.7 Å². The molecule has 2 rings (SSSR count). The van der Waals surface area contributed by atoms with E-state index in [1.807, 2.05) is 0 Å². The van der Waals surface area contributed by atoms with Crippen LogP contribution < -0.4 is 16.6 Å². The number of aryl methyl sites for hydroxylation is 1. The van der Waals surface area contributed by atoms with E-state index in [2.05, 4.69) is 10.3 Å². The van der Waals surface area contributed by atoms with Crippen LogP contribution in [0.5, 0.6) is 0 Å². The Labute approximate surface area is 121 Å². The zero-order valence-electron chi connectivity index (χ0n) is 11.4. The van der Waals surface area contributed by atoms with Gasteiger partial charge in [-0.05, 0) is 24.6 Å². The number of aromatic amines is 1. The minimum absolute atomic E-state index is 0.0669. The Morgan fingerprint density at radius 1 is 1.14 bits per heavy atom. The van der Waals surface area contributed by atoms with Crippen molar-refractivity contribution in [3.63, 3.8) is 0 Å². The Kier molecular flexibility index (Phi) is 4.18. The van der Waals surface area contributed by atoms with Gasteiger partial charge in [0.05, 0.1) is 0 Å². The standard InChI is InChI=1S/C15H15N3O3/c1-9-7-8-11(14(20)17-9)15(21)18-12(13(16)19)10-5-3-2-4-6-10/h2-8,12H,1H3,(H2,16,19)(H,17,20)(H,18,21). The molecule has 0 saturated carbocycles. The normalized spacial score (nSPS) is 11.7. The van der Waals surface area contributed by atoms with Crippen LogP contribution >= 0.6 is 0 Å². The van der Waals surface area contributed by atoms with Gasteiger partial charge in [-0.15, -0.1) is 0 Å². The summed E-state index contributed by atoms with van der Waals surface area (Å²) in [6.07, 6.45) is 0. The third kappa shape index (κ3) is 3.36. The number of H-pyrrole nitrogens is 1. The van der Waals surface area contributed by atoms with Gasteiger partial charge >= 0.3 is 0 Å². The predicted octanol–water partition coefficient (Wildman–Crippen LogP) is 0.640. The molecule has 6 nitrogen and oxygen atoms in total. The van der Waals surface area contributed by atoms with Crippen LogP contribution in [0.4, 0.5) is 0 Å². The van der Waals surface area contributed by atoms with Gasteiger partial charge in [-0.25, -0.2) is 0 Å². The fourth-order valence-corrected chi connectivity index (χ4v) is 1.92. The lowest BCUT2D eigenvalue weighted by molar-refractivity contribution is -0.120. The summed E-state index contributed by atoms with van der Waals surface area (Å²) in [6, 6.07) is 10.6. The number of pyridine rings is 1. The van der Waals surface area contributed by atoms with E-state index >= 15 is 0 Å². The molecule has 1 heterocycles. The second-order valence-electron chi connectivity index (χ2n) is 4.60. The molecule has 0 aliphatic heterocycles. The zero-order valence-corrected chi connectivity index (χ0v) is 11.4. The van der Waals surface area contributed by atoms with Gasteiger partial charge in [0.2, 0.25) is 5.91 Å². The molecule has 21 heavy (non-hydrogen) atoms. The van der Waals surface area contributed by atoms with Crippen molar-refractivity contribution in [2.75, 3.05) is 0 Å². The number of carbonyl (C=O) groups excluding carboxylic acids is 2. The average molecular weight is 285 g/mol. The third-order valence-electron chi connectivity index (χ3n) is 2.99. The summed E-state index contributed by atoms with van der Waals surface area (Å²) in [4.78, 5) is 37.9. The molecule has 108 valence electrons. The van der Waals surface area contributed by atoms with Crippen molar-refractivity contribution in [3.05, 3.63) is 69.6 Å². The van der Waals surface area contributed by atoms with Crippen molar-refractivity contribution in [2.24, 2.45) is 5.73 Å². The molecule has 1 aromatic carbocycles. The molecule has 0 aliphatic carbocycles. The molecular weight excluding hydrogens is 270 g/mol. The van der Waals surface area contributed by atoms with E-state index in [1.54, 1.807) is 43.3 Å². The van der Waals surface area contributed by atoms with Gasteiger partial charge in [0, 0.05) is 5.69 Å². The van der Waals surface area contributed by atoms with E-state index in [1.165, 1.54) is 6.07 Å². The molecule has 0 spiro atoms. The van der Waals surface area contributed by atoms with Crippen molar-refractivity contribution in [3.8, 4) is 0 Å². The molecule has 6 heteroatoms. The van der Waals surface area contributed by atoms with E-state index < -0.39 is 23.4 Å². The second kappa shape index (κ2) is 6.04. The van der Waals surface area contributed by atoms with Gasteiger partial charge in [-0.3, -0.25) is 14.4 Å². The molecular formula is C15H15N3O3. The number of nitrogens with two attached hydrogens (primary N) is 1. The molecule has 0 aliphatic rings. The van der Waals surface area contributed by atoms with Gasteiger partial charge < -0.3 is 16.0 Å². The maximum Gasteiger partial charge on any atom is 0.260 e. The Balaban J connectivity index is 2.27. The highest BCUT2D eigenvalue weighted by Crippen LogP contribution is 2.12. The maximum atomic E-state index is 12.1. The molecule has 2 amide bonds. The van der Waals surface area contributed by atoms with Crippen molar-refractivity contribution >= 4 is 11.8 Å². The van der Waals surface area contributed by atoms with E-state index in [4.69, 9.17) is 5.73 Å². The van der Waals surface area contributed by atoms with Crippen molar-refractivity contribution in [2.45, 2.75) is 13.0 Å². The molecule has 2 aromatic rings. The summed E-state index contributed by atoms with van der Waals surface area (Å²) in [5.41, 5.74) is 5.94. The fraction of sp³-hybridized carbons (Fsp3) is 0.133. The summed E-state index contributed by atoms with van der Waals surface area (Å²) >= 11 is 0. The average Bonchev–Trinajstić information content (AvgIpc) is 2.45. The number of aromatic nitrogens is 1. The number of benzene rings is 1. The minimum atomic E-state index is -0.987. The summed E-state index contributed by atoms with van der Waals surface area (Å²) in [7, 11) is 0. The molecule has 1 atom stereocenters. The summed E-state index contributed by atoms with van der Waals surface area (Å²) in [6.45, 7) is 1.71. The Hall–Kier alpha value is -2.89. The second-order valence-corrected chi connectivity index (χ2v) is 4.60. The first-order chi connectivity index (χ1) is 9.99.